The Kier molecular flexibility index (Phi) is 2.99. The predicted octanol–water partition coefficient (Wildman–Crippen LogP) is 2.34. The van der Waals surface area contributed by atoms with Gasteiger partial charge >= 0.3 is 0 Å². The van der Waals surface area contributed by atoms with Crippen LogP contribution in [0.3, 0.4) is 0 Å². The van der Waals surface area contributed by atoms with Crippen LogP contribution in [0.15, 0.2) is 30.6 Å². The lowest BCUT2D eigenvalue weighted by Crippen LogP contribution is -2.24. The molecule has 3 rings (SSSR count). The highest BCUT2D eigenvalue weighted by Gasteiger charge is 2.15. The minimum atomic E-state index is 0.446. The Balaban J connectivity index is 1.99. The van der Waals surface area contributed by atoms with Crippen LogP contribution in [-0.4, -0.2) is 29.8 Å². The van der Waals surface area contributed by atoms with Crippen LogP contribution in [0.2, 0.25) is 0 Å². The predicted molar refractivity (Wildman–Crippen MR) is 74.4 cm³/mol. The van der Waals surface area contributed by atoms with Gasteiger partial charge in [-0.2, -0.15) is 0 Å². The van der Waals surface area contributed by atoms with Crippen molar-refractivity contribution in [1.29, 1.82) is 0 Å². The SMILES string of the molecule is CN1CCCc2cc(-c3ccc(C=O)nc3)ncc21. The van der Waals surface area contributed by atoms with Crippen LogP contribution in [-0.2, 0) is 6.42 Å². The minimum Gasteiger partial charge on any atom is -0.373 e. The van der Waals surface area contributed by atoms with Gasteiger partial charge in [0.05, 0.1) is 17.6 Å². The lowest BCUT2D eigenvalue weighted by Gasteiger charge is -2.27. The summed E-state index contributed by atoms with van der Waals surface area (Å²) in [6.07, 6.45) is 6.64. The Morgan fingerprint density at radius 2 is 2.16 bits per heavy atom. The molecule has 0 radical (unpaired) electrons. The summed E-state index contributed by atoms with van der Waals surface area (Å²) in [5.41, 5.74) is 4.85. The van der Waals surface area contributed by atoms with Gasteiger partial charge < -0.3 is 4.90 Å². The second-order valence-electron chi connectivity index (χ2n) is 4.81. The van der Waals surface area contributed by atoms with Crippen molar-refractivity contribution in [1.82, 2.24) is 9.97 Å². The van der Waals surface area contributed by atoms with Gasteiger partial charge in [0.1, 0.15) is 5.69 Å². The summed E-state index contributed by atoms with van der Waals surface area (Å²) in [7, 11) is 2.10. The van der Waals surface area contributed by atoms with Gasteiger partial charge in [-0.05, 0) is 36.6 Å². The third-order valence-corrected chi connectivity index (χ3v) is 3.52. The van der Waals surface area contributed by atoms with Gasteiger partial charge in [-0.1, -0.05) is 0 Å². The highest BCUT2D eigenvalue weighted by molar-refractivity contribution is 5.73. The van der Waals surface area contributed by atoms with E-state index < -0.39 is 0 Å². The lowest BCUT2D eigenvalue weighted by molar-refractivity contribution is 0.111. The molecule has 0 amide bonds. The van der Waals surface area contributed by atoms with Crippen LogP contribution in [0.5, 0.6) is 0 Å². The average Bonchev–Trinajstić information content (AvgIpc) is 2.47. The monoisotopic (exact) mass is 253 g/mol. The fourth-order valence-electron chi connectivity index (χ4n) is 2.45. The molecule has 19 heavy (non-hydrogen) atoms. The van der Waals surface area contributed by atoms with Gasteiger partial charge in [0.2, 0.25) is 0 Å². The van der Waals surface area contributed by atoms with Gasteiger partial charge in [0, 0.05) is 25.4 Å². The molecule has 0 saturated carbocycles. The Morgan fingerprint density at radius 3 is 2.89 bits per heavy atom. The fourth-order valence-corrected chi connectivity index (χ4v) is 2.45. The number of aldehydes is 1. The Bertz CT molecular complexity index is 607. The number of rotatable bonds is 2. The van der Waals surface area contributed by atoms with E-state index in [1.807, 2.05) is 12.3 Å². The number of fused-ring (bicyclic) bond motifs is 1. The number of carbonyl (C=O) groups excluding carboxylic acids is 1. The summed E-state index contributed by atoms with van der Waals surface area (Å²) in [5.74, 6) is 0. The summed E-state index contributed by atoms with van der Waals surface area (Å²) in [6, 6.07) is 5.73. The Labute approximate surface area is 112 Å². The van der Waals surface area contributed by atoms with Crippen molar-refractivity contribution in [2.45, 2.75) is 12.8 Å². The minimum absolute atomic E-state index is 0.446. The van der Waals surface area contributed by atoms with Crippen LogP contribution >= 0.6 is 0 Å². The summed E-state index contributed by atoms with van der Waals surface area (Å²) >= 11 is 0. The van der Waals surface area contributed by atoms with Crippen molar-refractivity contribution < 1.29 is 4.79 Å². The molecule has 3 heterocycles. The topological polar surface area (TPSA) is 46.1 Å². The number of hydrogen-bond acceptors (Lipinski definition) is 4. The second-order valence-corrected chi connectivity index (χ2v) is 4.81. The first-order valence-corrected chi connectivity index (χ1v) is 6.39. The van der Waals surface area contributed by atoms with Crippen molar-refractivity contribution in [3.05, 3.63) is 41.9 Å². The largest absolute Gasteiger partial charge is 0.373 e. The van der Waals surface area contributed by atoms with Gasteiger partial charge in [0.25, 0.3) is 0 Å². The molecule has 0 bridgehead atoms. The molecule has 4 nitrogen and oxygen atoms in total. The molecular formula is C15H15N3O. The molecule has 1 aliphatic heterocycles. The van der Waals surface area contributed by atoms with Gasteiger partial charge in [-0.25, -0.2) is 0 Å². The molecule has 0 aliphatic carbocycles. The summed E-state index contributed by atoms with van der Waals surface area (Å²) in [6.45, 7) is 1.09. The summed E-state index contributed by atoms with van der Waals surface area (Å²) < 4.78 is 0. The van der Waals surface area contributed by atoms with E-state index in [1.54, 1.807) is 12.3 Å². The third-order valence-electron chi connectivity index (χ3n) is 3.52. The molecular weight excluding hydrogens is 238 g/mol. The zero-order valence-electron chi connectivity index (χ0n) is 10.8. The summed E-state index contributed by atoms with van der Waals surface area (Å²) in [4.78, 5) is 21.4. The number of nitrogens with zero attached hydrogens (tertiary/aromatic N) is 3. The number of hydrogen-bond donors (Lipinski definition) is 0. The number of aryl methyl sites for hydroxylation is 1. The van der Waals surface area contributed by atoms with Crippen LogP contribution in [0, 0.1) is 0 Å². The molecule has 4 heteroatoms. The highest BCUT2D eigenvalue weighted by Crippen LogP contribution is 2.28. The fraction of sp³-hybridized carbons (Fsp3) is 0.267. The maximum Gasteiger partial charge on any atom is 0.168 e. The standard InChI is InChI=1S/C15H15N3O/c1-18-6-2-3-11-7-14(17-9-15(11)18)12-4-5-13(10-19)16-8-12/h4-5,7-10H,2-3,6H2,1H3. The molecule has 0 fully saturated rings. The molecule has 96 valence electrons. The molecule has 0 N–H and O–H groups in total. The lowest BCUT2D eigenvalue weighted by atomic mass is 10.0. The van der Waals surface area contributed by atoms with Crippen LogP contribution in [0.4, 0.5) is 5.69 Å². The van der Waals surface area contributed by atoms with E-state index in [0.29, 0.717) is 5.69 Å². The first-order valence-electron chi connectivity index (χ1n) is 6.39. The van der Waals surface area contributed by atoms with E-state index in [2.05, 4.69) is 28.0 Å². The van der Waals surface area contributed by atoms with Crippen LogP contribution < -0.4 is 4.90 Å². The molecule has 0 saturated heterocycles. The molecule has 0 unspecified atom stereocenters. The molecule has 0 aromatic carbocycles. The van der Waals surface area contributed by atoms with Gasteiger partial charge in [-0.15, -0.1) is 0 Å². The Hall–Kier alpha value is -2.23. The Morgan fingerprint density at radius 1 is 1.26 bits per heavy atom. The molecule has 2 aromatic rings. The van der Waals surface area contributed by atoms with E-state index in [9.17, 15) is 4.79 Å². The van der Waals surface area contributed by atoms with Crippen molar-refractivity contribution in [3.8, 4) is 11.3 Å². The zero-order valence-corrected chi connectivity index (χ0v) is 10.8. The van der Waals surface area contributed by atoms with Crippen molar-refractivity contribution >= 4 is 12.0 Å². The maximum atomic E-state index is 10.6. The highest BCUT2D eigenvalue weighted by atomic mass is 16.1. The molecule has 1 aliphatic rings. The number of carbonyl (C=O) groups is 1. The maximum absolute atomic E-state index is 10.6. The summed E-state index contributed by atoms with van der Waals surface area (Å²) in [5, 5.41) is 0. The van der Waals surface area contributed by atoms with Gasteiger partial charge in [-0.3, -0.25) is 14.8 Å². The van der Waals surface area contributed by atoms with E-state index in [0.717, 1.165) is 30.5 Å². The number of aromatic nitrogens is 2. The number of pyridine rings is 2. The molecule has 2 aromatic heterocycles. The van der Waals surface area contributed by atoms with E-state index in [-0.39, 0.29) is 0 Å². The normalized spacial score (nSPS) is 14.1. The zero-order chi connectivity index (χ0) is 13.2. The van der Waals surface area contributed by atoms with Crippen molar-refractivity contribution in [3.63, 3.8) is 0 Å². The third kappa shape index (κ3) is 2.21. The second kappa shape index (κ2) is 4.80. The van der Waals surface area contributed by atoms with Gasteiger partial charge in [0.15, 0.2) is 6.29 Å². The first kappa shape index (κ1) is 11.8. The van der Waals surface area contributed by atoms with E-state index in [1.165, 1.54) is 17.7 Å². The number of anilines is 1. The average molecular weight is 253 g/mol. The van der Waals surface area contributed by atoms with Crippen molar-refractivity contribution in [2.24, 2.45) is 0 Å². The molecule has 0 spiro atoms. The van der Waals surface area contributed by atoms with E-state index in [4.69, 9.17) is 0 Å². The smallest absolute Gasteiger partial charge is 0.168 e. The van der Waals surface area contributed by atoms with Crippen LogP contribution in [0.1, 0.15) is 22.5 Å². The quantitative estimate of drug-likeness (QED) is 0.771. The van der Waals surface area contributed by atoms with Crippen molar-refractivity contribution in [2.75, 3.05) is 18.5 Å². The molecule has 0 atom stereocenters. The van der Waals surface area contributed by atoms with E-state index >= 15 is 0 Å². The van der Waals surface area contributed by atoms with Crippen LogP contribution in [0.25, 0.3) is 11.3 Å². The first-order chi connectivity index (χ1) is 9.28.